The van der Waals surface area contributed by atoms with Gasteiger partial charge in [-0.25, -0.2) is 4.98 Å². The van der Waals surface area contributed by atoms with Gasteiger partial charge in [0.15, 0.2) is 5.82 Å². The molecule has 0 fully saturated rings. The van der Waals surface area contributed by atoms with Crippen molar-refractivity contribution in [3.8, 4) is 5.75 Å². The van der Waals surface area contributed by atoms with Crippen LogP contribution in [0.2, 0.25) is 5.02 Å². The van der Waals surface area contributed by atoms with Gasteiger partial charge >= 0.3 is 0 Å². The molecule has 1 aromatic carbocycles. The van der Waals surface area contributed by atoms with E-state index in [4.69, 9.17) is 16.3 Å². The molecule has 0 saturated heterocycles. The maximum Gasteiger partial charge on any atom is 0.203 e. The molecule has 0 spiro atoms. The Morgan fingerprint density at radius 2 is 2.32 bits per heavy atom. The summed E-state index contributed by atoms with van der Waals surface area (Å²) in [7, 11) is 0. The van der Waals surface area contributed by atoms with Gasteiger partial charge in [-0.3, -0.25) is 4.40 Å². The number of benzene rings is 1. The number of hydrogen-bond donors (Lipinski definition) is 1. The smallest absolute Gasteiger partial charge is 0.203 e. The van der Waals surface area contributed by atoms with Crippen molar-refractivity contribution in [1.82, 2.24) is 19.6 Å². The van der Waals surface area contributed by atoms with Crippen LogP contribution in [0.15, 0.2) is 36.9 Å². The quantitative estimate of drug-likeness (QED) is 0.787. The number of halogens is 1. The Labute approximate surface area is 132 Å². The van der Waals surface area contributed by atoms with Crippen molar-refractivity contribution < 1.29 is 4.74 Å². The summed E-state index contributed by atoms with van der Waals surface area (Å²) in [4.78, 5) is 4.39. The molecule has 1 atom stereocenters. The SMILES string of the molecule is Clc1cccc2c1OCCC[C@H]2Nc1nccn2cnnc12. The van der Waals surface area contributed by atoms with Crippen molar-refractivity contribution in [1.29, 1.82) is 0 Å². The van der Waals surface area contributed by atoms with Crippen LogP contribution in [0.4, 0.5) is 5.82 Å². The second-order valence-electron chi connectivity index (χ2n) is 5.18. The third-order valence-electron chi connectivity index (χ3n) is 3.78. The number of ether oxygens (including phenoxy) is 1. The molecular formula is C15H14ClN5O. The fourth-order valence-electron chi connectivity index (χ4n) is 2.74. The molecule has 22 heavy (non-hydrogen) atoms. The topological polar surface area (TPSA) is 64.3 Å². The molecule has 1 N–H and O–H groups in total. The Morgan fingerprint density at radius 1 is 1.36 bits per heavy atom. The van der Waals surface area contributed by atoms with Gasteiger partial charge in [-0.2, -0.15) is 0 Å². The minimum Gasteiger partial charge on any atom is -0.492 e. The van der Waals surface area contributed by atoms with E-state index in [9.17, 15) is 0 Å². The molecular weight excluding hydrogens is 302 g/mol. The molecule has 6 nitrogen and oxygen atoms in total. The van der Waals surface area contributed by atoms with Crippen molar-refractivity contribution >= 4 is 23.1 Å². The number of fused-ring (bicyclic) bond motifs is 2. The molecule has 0 bridgehead atoms. The number of aromatic nitrogens is 4. The van der Waals surface area contributed by atoms with Gasteiger partial charge in [0.25, 0.3) is 0 Å². The third kappa shape index (κ3) is 2.25. The van der Waals surface area contributed by atoms with Crippen molar-refractivity contribution in [3.63, 3.8) is 0 Å². The number of para-hydroxylation sites is 1. The second kappa shape index (κ2) is 5.46. The number of nitrogens with zero attached hydrogens (tertiary/aromatic N) is 4. The average molecular weight is 316 g/mol. The molecule has 3 heterocycles. The number of rotatable bonds is 2. The summed E-state index contributed by atoms with van der Waals surface area (Å²) in [5, 5.41) is 12.1. The van der Waals surface area contributed by atoms with Crippen molar-refractivity contribution in [2.75, 3.05) is 11.9 Å². The van der Waals surface area contributed by atoms with E-state index in [0.717, 1.165) is 24.2 Å². The van der Waals surface area contributed by atoms with Crippen molar-refractivity contribution in [2.24, 2.45) is 0 Å². The fraction of sp³-hybridized carbons (Fsp3) is 0.267. The first-order valence-electron chi connectivity index (χ1n) is 7.15. The number of anilines is 1. The van der Waals surface area contributed by atoms with Crippen LogP contribution < -0.4 is 10.1 Å². The van der Waals surface area contributed by atoms with Gasteiger partial charge in [-0.05, 0) is 18.9 Å². The normalized spacial score (nSPS) is 17.6. The van der Waals surface area contributed by atoms with E-state index < -0.39 is 0 Å². The van der Waals surface area contributed by atoms with Crippen LogP contribution in [-0.2, 0) is 0 Å². The van der Waals surface area contributed by atoms with Crippen LogP contribution in [0.25, 0.3) is 5.65 Å². The van der Waals surface area contributed by atoms with E-state index in [1.807, 2.05) is 28.8 Å². The van der Waals surface area contributed by atoms with Crippen molar-refractivity contribution in [3.05, 3.63) is 47.5 Å². The average Bonchev–Trinajstić information content (AvgIpc) is 2.92. The Morgan fingerprint density at radius 3 is 3.27 bits per heavy atom. The van der Waals surface area contributed by atoms with Gasteiger partial charge in [-0.15, -0.1) is 10.2 Å². The Bertz CT molecular complexity index is 819. The van der Waals surface area contributed by atoms with Crippen LogP contribution in [0.5, 0.6) is 5.75 Å². The summed E-state index contributed by atoms with van der Waals surface area (Å²) < 4.78 is 7.63. The lowest BCUT2D eigenvalue weighted by molar-refractivity contribution is 0.316. The minimum absolute atomic E-state index is 0.0756. The molecule has 3 aromatic rings. The van der Waals surface area contributed by atoms with E-state index >= 15 is 0 Å². The van der Waals surface area contributed by atoms with Crippen LogP contribution >= 0.6 is 11.6 Å². The van der Waals surface area contributed by atoms with E-state index in [1.165, 1.54) is 0 Å². The summed E-state index contributed by atoms with van der Waals surface area (Å²) in [5.41, 5.74) is 1.75. The number of hydrogen-bond acceptors (Lipinski definition) is 5. The van der Waals surface area contributed by atoms with Crippen LogP contribution in [0.1, 0.15) is 24.4 Å². The number of nitrogens with one attached hydrogen (secondary N) is 1. The largest absolute Gasteiger partial charge is 0.492 e. The van der Waals surface area contributed by atoms with Gasteiger partial charge in [0, 0.05) is 18.0 Å². The van der Waals surface area contributed by atoms with Gasteiger partial charge in [0.1, 0.15) is 12.1 Å². The maximum absolute atomic E-state index is 6.27. The molecule has 4 rings (SSSR count). The first-order valence-corrected chi connectivity index (χ1v) is 7.53. The molecule has 112 valence electrons. The molecule has 0 amide bonds. The Kier molecular flexibility index (Phi) is 3.31. The molecule has 0 radical (unpaired) electrons. The third-order valence-corrected chi connectivity index (χ3v) is 4.08. The zero-order chi connectivity index (χ0) is 14.9. The molecule has 1 aliphatic heterocycles. The summed E-state index contributed by atoms with van der Waals surface area (Å²) in [6.45, 7) is 0.664. The molecule has 0 aliphatic carbocycles. The lowest BCUT2D eigenvalue weighted by atomic mass is 10.0. The monoisotopic (exact) mass is 315 g/mol. The predicted octanol–water partition coefficient (Wildman–Crippen LogP) is 3.10. The Balaban J connectivity index is 1.74. The first kappa shape index (κ1) is 13.3. The van der Waals surface area contributed by atoms with Crippen LogP contribution in [0.3, 0.4) is 0 Å². The highest BCUT2D eigenvalue weighted by Crippen LogP contribution is 2.38. The standard InChI is InChI=1S/C15H14ClN5O/c16-11-4-1-3-10-12(5-2-8-22-13(10)11)19-14-15-20-18-9-21(15)7-6-17-14/h1,3-4,6-7,9,12H,2,5,8H2,(H,17,19)/t12-/m1/s1. The summed E-state index contributed by atoms with van der Waals surface area (Å²) in [6, 6.07) is 5.90. The zero-order valence-corrected chi connectivity index (χ0v) is 12.5. The Hall–Kier alpha value is -2.34. The molecule has 1 aliphatic rings. The lowest BCUT2D eigenvalue weighted by Crippen LogP contribution is -2.12. The highest BCUT2D eigenvalue weighted by atomic mass is 35.5. The fourth-order valence-corrected chi connectivity index (χ4v) is 2.98. The van der Waals surface area contributed by atoms with Gasteiger partial charge < -0.3 is 10.1 Å². The summed E-state index contributed by atoms with van der Waals surface area (Å²) >= 11 is 6.27. The zero-order valence-electron chi connectivity index (χ0n) is 11.7. The predicted molar refractivity (Wildman–Crippen MR) is 83.3 cm³/mol. The summed E-state index contributed by atoms with van der Waals surface area (Å²) in [5.74, 6) is 1.46. The van der Waals surface area contributed by atoms with E-state index in [-0.39, 0.29) is 6.04 Å². The van der Waals surface area contributed by atoms with Gasteiger partial charge in [-0.1, -0.05) is 23.7 Å². The molecule has 2 aromatic heterocycles. The van der Waals surface area contributed by atoms with E-state index in [2.05, 4.69) is 20.5 Å². The van der Waals surface area contributed by atoms with Crippen LogP contribution in [0, 0.1) is 0 Å². The molecule has 0 unspecified atom stereocenters. The van der Waals surface area contributed by atoms with E-state index in [0.29, 0.717) is 23.1 Å². The minimum atomic E-state index is 0.0756. The van der Waals surface area contributed by atoms with Crippen LogP contribution in [-0.4, -0.2) is 26.2 Å². The molecule has 7 heteroatoms. The van der Waals surface area contributed by atoms with E-state index in [1.54, 1.807) is 12.5 Å². The first-order chi connectivity index (χ1) is 10.8. The van der Waals surface area contributed by atoms with Gasteiger partial charge in [0.05, 0.1) is 17.7 Å². The van der Waals surface area contributed by atoms with Crippen molar-refractivity contribution in [2.45, 2.75) is 18.9 Å². The lowest BCUT2D eigenvalue weighted by Gasteiger charge is -2.19. The highest BCUT2D eigenvalue weighted by molar-refractivity contribution is 6.32. The second-order valence-corrected chi connectivity index (χ2v) is 5.59. The van der Waals surface area contributed by atoms with Gasteiger partial charge in [0.2, 0.25) is 5.65 Å². The maximum atomic E-state index is 6.27. The summed E-state index contributed by atoms with van der Waals surface area (Å²) in [6.07, 6.45) is 7.08. The molecule has 0 saturated carbocycles. The highest BCUT2D eigenvalue weighted by Gasteiger charge is 2.22.